The van der Waals surface area contributed by atoms with Crippen molar-refractivity contribution in [3.05, 3.63) is 0 Å². The van der Waals surface area contributed by atoms with Crippen LogP contribution < -0.4 is 69.3 Å². The van der Waals surface area contributed by atoms with Gasteiger partial charge in [-0.2, -0.15) is 0 Å². The van der Waals surface area contributed by atoms with Gasteiger partial charge in [0.15, 0.2) is 0 Å². The van der Waals surface area contributed by atoms with Crippen molar-refractivity contribution >= 4 is 23.5 Å². The van der Waals surface area contributed by atoms with Gasteiger partial charge in [-0.05, 0) is 6.16 Å². The standard InChI is InChI=1S/CH2O3.Al.2Na.2H2O/c2-1(3)4;;;;;/h(H2,2,3,4);;;;2*1H2/q;+3;2*+1;;/p-4. The van der Waals surface area contributed by atoms with Crippen LogP contribution in [0.5, 0.6) is 0 Å². The van der Waals surface area contributed by atoms with Gasteiger partial charge in [0.2, 0.25) is 0 Å². The Labute approximate surface area is 107 Å². The van der Waals surface area contributed by atoms with E-state index in [-0.39, 0.29) is 87.4 Å². The van der Waals surface area contributed by atoms with E-state index >= 15 is 0 Å². The largest absolute Gasteiger partial charge is 3.00 e. The fourth-order valence-corrected chi connectivity index (χ4v) is 0. The predicted molar refractivity (Wildman–Crippen MR) is 15.0 cm³/mol. The summed E-state index contributed by atoms with van der Waals surface area (Å²) in [6.07, 6.45) is -2.33. The summed E-state index contributed by atoms with van der Waals surface area (Å²) in [6, 6.07) is 0. The normalized spacial score (nSPS) is 2.67. The fourth-order valence-electron chi connectivity index (χ4n) is 0. The molecule has 0 saturated heterocycles. The zero-order valence-corrected chi connectivity index (χ0v) is 10.4. The second-order valence-electron chi connectivity index (χ2n) is 0.250. The number of carbonyl (C=O) groups is 1. The third-order valence-electron chi connectivity index (χ3n) is 0. The third-order valence-corrected chi connectivity index (χ3v) is 0. The van der Waals surface area contributed by atoms with Crippen LogP contribution in [0.25, 0.3) is 0 Å². The van der Waals surface area contributed by atoms with E-state index in [1.54, 1.807) is 0 Å². The average molecular weight is 167 g/mol. The topological polar surface area (TPSA) is 123 Å². The van der Waals surface area contributed by atoms with Crippen molar-refractivity contribution in [2.75, 3.05) is 0 Å². The number of hydrogen-bond acceptors (Lipinski definition) is 5. The summed E-state index contributed by atoms with van der Waals surface area (Å²) in [6.45, 7) is 0. The summed E-state index contributed by atoms with van der Waals surface area (Å²) in [7, 11) is 0. The first-order chi connectivity index (χ1) is 1.73. The predicted octanol–water partition coefficient (Wildman–Crippen LogP) is -9.17. The van der Waals surface area contributed by atoms with Gasteiger partial charge in [0.25, 0.3) is 0 Å². The van der Waals surface area contributed by atoms with E-state index in [1.165, 1.54) is 0 Å². The van der Waals surface area contributed by atoms with Gasteiger partial charge in [-0.1, -0.05) is 0 Å². The average Bonchev–Trinajstić information content (AvgIpc) is 0.811. The molecule has 0 atom stereocenters. The molecule has 0 aliphatic carbocycles. The van der Waals surface area contributed by atoms with Crippen molar-refractivity contribution in [2.24, 2.45) is 0 Å². The fraction of sp³-hybridized carbons (Fsp3) is 0. The molecule has 0 aliphatic rings. The Kier molecular flexibility index (Phi) is 167. The molecule has 40 valence electrons. The van der Waals surface area contributed by atoms with E-state index in [1.807, 2.05) is 0 Å². The molecule has 0 aromatic carbocycles. The van der Waals surface area contributed by atoms with Crippen molar-refractivity contribution in [1.82, 2.24) is 0 Å². The van der Waals surface area contributed by atoms with E-state index < -0.39 is 6.16 Å². The van der Waals surface area contributed by atoms with Crippen LogP contribution in [0.15, 0.2) is 0 Å². The maximum absolute atomic E-state index is 8.33. The minimum Gasteiger partial charge on any atom is -0.870 e. The van der Waals surface area contributed by atoms with Crippen LogP contribution in [-0.4, -0.2) is 34.5 Å². The van der Waals surface area contributed by atoms with Crippen LogP contribution in [0.3, 0.4) is 0 Å². The monoisotopic (exact) mass is 167 g/mol. The van der Waals surface area contributed by atoms with Gasteiger partial charge in [0.1, 0.15) is 0 Å². The van der Waals surface area contributed by atoms with Crippen LogP contribution in [0.2, 0.25) is 0 Å². The molecule has 8 heteroatoms. The molecule has 0 aromatic rings. The third kappa shape index (κ3) is 195. The summed E-state index contributed by atoms with van der Waals surface area (Å²) in [5.41, 5.74) is 0. The van der Waals surface area contributed by atoms with E-state index in [9.17, 15) is 0 Å². The molecule has 2 N–H and O–H groups in total. The zero-order valence-electron chi connectivity index (χ0n) is 5.20. The van der Waals surface area contributed by atoms with Gasteiger partial charge in [-0.3, -0.25) is 0 Å². The van der Waals surface area contributed by atoms with Gasteiger partial charge in [-0.25, -0.2) is 0 Å². The molecule has 5 nitrogen and oxygen atoms in total. The number of carboxylic acid groups (broad SMARTS) is 2. The summed E-state index contributed by atoms with van der Waals surface area (Å²) < 4.78 is 0. The first-order valence-corrected chi connectivity index (χ1v) is 0.612. The summed E-state index contributed by atoms with van der Waals surface area (Å²) >= 11 is 0. The van der Waals surface area contributed by atoms with Crippen molar-refractivity contribution in [1.29, 1.82) is 0 Å². The Hall–Kier alpha value is 1.72. The Balaban J connectivity index is -0.00000000450. The van der Waals surface area contributed by atoms with Crippen molar-refractivity contribution < 1.29 is 85.1 Å². The molecular weight excluding hydrogens is 165 g/mol. The van der Waals surface area contributed by atoms with E-state index in [0.29, 0.717) is 0 Å². The van der Waals surface area contributed by atoms with E-state index in [0.717, 1.165) is 0 Å². The molecular formula is CH2AlNa2O5+. The molecule has 0 spiro atoms. The minimum atomic E-state index is -2.33. The second kappa shape index (κ2) is 33.2. The molecule has 0 fully saturated rings. The molecule has 0 amide bonds. The van der Waals surface area contributed by atoms with Gasteiger partial charge in [0.05, 0.1) is 0 Å². The minimum absolute atomic E-state index is 0. The molecule has 0 saturated carbocycles. The smallest absolute Gasteiger partial charge is 0.870 e. The molecule has 0 rings (SSSR count). The molecule has 0 aliphatic heterocycles. The summed E-state index contributed by atoms with van der Waals surface area (Å²) in [4.78, 5) is 8.33. The van der Waals surface area contributed by atoms with Crippen molar-refractivity contribution in [3.63, 3.8) is 0 Å². The van der Waals surface area contributed by atoms with Gasteiger partial charge >= 0.3 is 76.5 Å². The van der Waals surface area contributed by atoms with Crippen LogP contribution >= 0.6 is 0 Å². The first kappa shape index (κ1) is 45.4. The summed E-state index contributed by atoms with van der Waals surface area (Å²) in [5.74, 6) is 0. The molecule has 0 unspecified atom stereocenters. The first-order valence-electron chi connectivity index (χ1n) is 0.612. The van der Waals surface area contributed by atoms with E-state index in [4.69, 9.17) is 15.0 Å². The second-order valence-corrected chi connectivity index (χ2v) is 0.250. The van der Waals surface area contributed by atoms with Crippen LogP contribution in [0, 0.1) is 0 Å². The molecule has 0 heterocycles. The Morgan fingerprint density at radius 2 is 1.00 bits per heavy atom. The SMILES string of the molecule is O=C([O-])[O-].[Al+3].[Na+].[Na+].[OH-].[OH-]. The Morgan fingerprint density at radius 3 is 1.00 bits per heavy atom. The number of carbonyl (C=O) groups excluding carboxylic acids is 1. The van der Waals surface area contributed by atoms with Crippen molar-refractivity contribution in [3.8, 4) is 0 Å². The maximum atomic E-state index is 8.33. The number of rotatable bonds is 0. The maximum Gasteiger partial charge on any atom is 3.00 e. The summed E-state index contributed by atoms with van der Waals surface area (Å²) in [5, 5.41) is 16.7. The van der Waals surface area contributed by atoms with Crippen LogP contribution in [-0.2, 0) is 0 Å². The van der Waals surface area contributed by atoms with Crippen LogP contribution in [0.4, 0.5) is 4.79 Å². The number of hydrogen-bond donors (Lipinski definition) is 0. The van der Waals surface area contributed by atoms with Crippen molar-refractivity contribution in [2.45, 2.75) is 0 Å². The molecule has 9 heavy (non-hydrogen) atoms. The Bertz CT molecular complexity index is 37.9. The van der Waals surface area contributed by atoms with E-state index in [2.05, 4.69) is 0 Å². The molecule has 0 bridgehead atoms. The van der Waals surface area contributed by atoms with Gasteiger partial charge < -0.3 is 26.0 Å². The Morgan fingerprint density at radius 1 is 1.00 bits per heavy atom. The quantitative estimate of drug-likeness (QED) is 0.331. The molecule has 0 aromatic heterocycles. The van der Waals surface area contributed by atoms with Crippen LogP contribution in [0.1, 0.15) is 0 Å². The van der Waals surface area contributed by atoms with Gasteiger partial charge in [0, 0.05) is 0 Å². The zero-order chi connectivity index (χ0) is 3.58. The van der Waals surface area contributed by atoms with Gasteiger partial charge in [-0.15, -0.1) is 0 Å². The molecule has 0 radical (unpaired) electrons.